The highest BCUT2D eigenvalue weighted by Crippen LogP contribution is 2.16. The summed E-state index contributed by atoms with van der Waals surface area (Å²) in [7, 11) is 1.62. The molecule has 0 aliphatic carbocycles. The number of piperazine rings is 1. The van der Waals surface area contributed by atoms with Crippen LogP contribution in [-0.4, -0.2) is 116 Å². The molecule has 0 saturated carbocycles. The van der Waals surface area contributed by atoms with E-state index in [1.54, 1.807) is 7.11 Å². The van der Waals surface area contributed by atoms with Gasteiger partial charge in [0.05, 0.1) is 38.1 Å². The third-order valence-corrected chi connectivity index (χ3v) is 5.86. The van der Waals surface area contributed by atoms with Gasteiger partial charge in [-0.2, -0.15) is 0 Å². The number of carbonyl (C=O) groups is 1. The van der Waals surface area contributed by atoms with Gasteiger partial charge in [0.15, 0.2) is 0 Å². The largest absolute Gasteiger partial charge is 0.497 e. The maximum atomic E-state index is 12.8. The predicted octanol–water partition coefficient (Wildman–Crippen LogP) is 1.33. The van der Waals surface area contributed by atoms with Crippen molar-refractivity contribution < 1.29 is 24.1 Å². The number of β-amino-alcohol motifs (C(OH)–C–C–N with tert-alkyl or cyclic N) is 1. The van der Waals surface area contributed by atoms with Gasteiger partial charge in [-0.05, 0) is 45.0 Å². The summed E-state index contributed by atoms with van der Waals surface area (Å²) in [6, 6.07) is 7.28. The van der Waals surface area contributed by atoms with E-state index in [-0.39, 0.29) is 17.6 Å². The summed E-state index contributed by atoms with van der Waals surface area (Å²) in [6.07, 6.45) is -0.385. The van der Waals surface area contributed by atoms with Gasteiger partial charge in [-0.15, -0.1) is 0 Å². The number of hydrogen-bond donors (Lipinski definition) is 1. The molecule has 2 unspecified atom stereocenters. The second-order valence-electron chi connectivity index (χ2n) is 9.65. The zero-order valence-electron chi connectivity index (χ0n) is 20.0. The molecule has 1 amide bonds. The molecule has 1 N–H and O–H groups in total. The minimum absolute atomic E-state index is 0.0684. The third kappa shape index (κ3) is 7.71. The van der Waals surface area contributed by atoms with Gasteiger partial charge in [0.2, 0.25) is 0 Å². The molecule has 3 rings (SSSR count). The van der Waals surface area contributed by atoms with Crippen LogP contribution in [0.15, 0.2) is 24.3 Å². The van der Waals surface area contributed by atoms with Crippen molar-refractivity contribution in [1.82, 2.24) is 14.7 Å². The average Bonchev–Trinajstić information content (AvgIpc) is 2.78. The van der Waals surface area contributed by atoms with E-state index in [0.717, 1.165) is 38.5 Å². The topological polar surface area (TPSA) is 74.7 Å². The Hall–Kier alpha value is -1.71. The molecular weight excluding hydrogens is 410 g/mol. The van der Waals surface area contributed by atoms with Crippen molar-refractivity contribution in [2.45, 2.75) is 38.6 Å². The zero-order chi connectivity index (χ0) is 23.1. The van der Waals surface area contributed by atoms with Crippen LogP contribution in [0, 0.1) is 0 Å². The van der Waals surface area contributed by atoms with Crippen LogP contribution in [0.3, 0.4) is 0 Å². The van der Waals surface area contributed by atoms with E-state index in [1.807, 2.05) is 49.9 Å². The summed E-state index contributed by atoms with van der Waals surface area (Å²) in [6.45, 7) is 13.2. The van der Waals surface area contributed by atoms with Gasteiger partial charge < -0.3 is 24.2 Å². The van der Waals surface area contributed by atoms with Gasteiger partial charge in [-0.1, -0.05) is 0 Å². The molecule has 2 atom stereocenters. The van der Waals surface area contributed by atoms with Crippen LogP contribution in [0.4, 0.5) is 0 Å². The van der Waals surface area contributed by atoms with Gasteiger partial charge >= 0.3 is 0 Å². The summed E-state index contributed by atoms with van der Waals surface area (Å²) in [5, 5.41) is 10.3. The maximum absolute atomic E-state index is 12.8. The van der Waals surface area contributed by atoms with E-state index in [4.69, 9.17) is 14.2 Å². The zero-order valence-corrected chi connectivity index (χ0v) is 20.0. The lowest BCUT2D eigenvalue weighted by Crippen LogP contribution is -2.54. The molecule has 0 radical (unpaired) electrons. The number of aliphatic hydroxyl groups excluding tert-OH is 1. The first-order valence-corrected chi connectivity index (χ1v) is 11.5. The average molecular weight is 450 g/mol. The molecule has 1 aromatic carbocycles. The van der Waals surface area contributed by atoms with Crippen LogP contribution in [-0.2, 0) is 9.47 Å². The maximum Gasteiger partial charge on any atom is 0.253 e. The van der Waals surface area contributed by atoms with E-state index < -0.39 is 6.10 Å². The van der Waals surface area contributed by atoms with Crippen LogP contribution in [0.2, 0.25) is 0 Å². The van der Waals surface area contributed by atoms with Gasteiger partial charge in [-0.25, -0.2) is 0 Å². The quantitative estimate of drug-likeness (QED) is 0.642. The van der Waals surface area contributed by atoms with Crippen molar-refractivity contribution in [3.8, 4) is 5.75 Å². The molecule has 8 heteroatoms. The summed E-state index contributed by atoms with van der Waals surface area (Å²) in [4.78, 5) is 19.3. The highest BCUT2D eigenvalue weighted by atomic mass is 16.5. The van der Waals surface area contributed by atoms with Crippen molar-refractivity contribution in [2.75, 3.05) is 72.7 Å². The van der Waals surface area contributed by atoms with Crippen LogP contribution < -0.4 is 4.74 Å². The van der Waals surface area contributed by atoms with Crippen LogP contribution in [0.25, 0.3) is 0 Å². The monoisotopic (exact) mass is 449 g/mol. The molecule has 2 aliphatic rings. The fraction of sp³-hybridized carbons (Fsp3) is 0.708. The minimum atomic E-state index is -0.500. The first-order chi connectivity index (χ1) is 15.2. The van der Waals surface area contributed by atoms with Crippen LogP contribution >= 0.6 is 0 Å². The van der Waals surface area contributed by atoms with Crippen LogP contribution in [0.5, 0.6) is 5.75 Å². The SMILES string of the molecule is COc1ccc(C(=O)N2CCN(CC3CN(CC(O)COC(C)(C)C)CCO3)CC2)cc1. The number of methoxy groups -OCH3 is 1. The molecule has 1 aromatic rings. The highest BCUT2D eigenvalue weighted by molar-refractivity contribution is 5.94. The number of ether oxygens (including phenoxy) is 3. The Morgan fingerprint density at radius 3 is 2.44 bits per heavy atom. The number of rotatable bonds is 8. The van der Waals surface area contributed by atoms with E-state index in [1.165, 1.54) is 0 Å². The summed E-state index contributed by atoms with van der Waals surface area (Å²) >= 11 is 0. The lowest BCUT2D eigenvalue weighted by Gasteiger charge is -2.39. The first kappa shape index (κ1) is 24.9. The molecule has 180 valence electrons. The van der Waals surface area contributed by atoms with Gasteiger partial charge in [0, 0.05) is 57.9 Å². The van der Waals surface area contributed by atoms with E-state index in [9.17, 15) is 9.90 Å². The number of nitrogens with zero attached hydrogens (tertiary/aromatic N) is 3. The first-order valence-electron chi connectivity index (χ1n) is 11.5. The fourth-order valence-corrected chi connectivity index (χ4v) is 4.09. The van der Waals surface area contributed by atoms with Crippen molar-refractivity contribution in [3.63, 3.8) is 0 Å². The Morgan fingerprint density at radius 2 is 1.81 bits per heavy atom. The molecule has 8 nitrogen and oxygen atoms in total. The summed E-state index contributed by atoms with van der Waals surface area (Å²) in [5.74, 6) is 0.820. The molecule has 2 heterocycles. The van der Waals surface area contributed by atoms with Crippen molar-refractivity contribution >= 4 is 5.91 Å². The molecular formula is C24H39N3O5. The molecule has 2 saturated heterocycles. The minimum Gasteiger partial charge on any atom is -0.497 e. The van der Waals surface area contributed by atoms with Gasteiger partial charge in [0.1, 0.15) is 5.75 Å². The number of aliphatic hydroxyl groups is 1. The number of hydrogen-bond acceptors (Lipinski definition) is 7. The third-order valence-electron chi connectivity index (χ3n) is 5.86. The van der Waals surface area contributed by atoms with E-state index in [0.29, 0.717) is 38.4 Å². The molecule has 32 heavy (non-hydrogen) atoms. The number of carbonyl (C=O) groups excluding carboxylic acids is 1. The van der Waals surface area contributed by atoms with E-state index in [2.05, 4.69) is 9.80 Å². The van der Waals surface area contributed by atoms with Crippen molar-refractivity contribution in [2.24, 2.45) is 0 Å². The normalized spacial score (nSPS) is 22.0. The van der Waals surface area contributed by atoms with Crippen molar-refractivity contribution in [1.29, 1.82) is 0 Å². The number of morpholine rings is 1. The molecule has 0 aromatic heterocycles. The van der Waals surface area contributed by atoms with Gasteiger partial charge in [-0.3, -0.25) is 14.6 Å². The van der Waals surface area contributed by atoms with Gasteiger partial charge in [0.25, 0.3) is 5.91 Å². The Labute approximate surface area is 192 Å². The second-order valence-corrected chi connectivity index (χ2v) is 9.65. The standard InChI is InChI=1S/C24H39N3O5/c1-24(2,3)32-18-20(28)15-26-13-14-31-22(17-26)16-25-9-11-27(12-10-25)23(29)19-5-7-21(30-4)8-6-19/h5-8,20,22,28H,9-18H2,1-4H3. The number of amides is 1. The summed E-state index contributed by atoms with van der Waals surface area (Å²) < 4.78 is 16.9. The molecule has 0 bridgehead atoms. The fourth-order valence-electron chi connectivity index (χ4n) is 4.09. The predicted molar refractivity (Wildman–Crippen MR) is 123 cm³/mol. The molecule has 0 spiro atoms. The molecule has 2 fully saturated rings. The van der Waals surface area contributed by atoms with Crippen molar-refractivity contribution in [3.05, 3.63) is 29.8 Å². The lowest BCUT2D eigenvalue weighted by atomic mass is 10.1. The van der Waals surface area contributed by atoms with Crippen LogP contribution in [0.1, 0.15) is 31.1 Å². The summed E-state index contributed by atoms with van der Waals surface area (Å²) in [5.41, 5.74) is 0.449. The Kier molecular flexibility index (Phi) is 8.90. The Morgan fingerprint density at radius 1 is 1.12 bits per heavy atom. The highest BCUT2D eigenvalue weighted by Gasteiger charge is 2.28. The Bertz CT molecular complexity index is 713. The number of benzene rings is 1. The Balaban J connectivity index is 1.40. The lowest BCUT2D eigenvalue weighted by molar-refractivity contribution is -0.0804. The molecule has 2 aliphatic heterocycles. The smallest absolute Gasteiger partial charge is 0.253 e. The van der Waals surface area contributed by atoms with E-state index >= 15 is 0 Å². The second kappa shape index (κ2) is 11.4.